The quantitative estimate of drug-likeness (QED) is 0.893. The van der Waals surface area contributed by atoms with Gasteiger partial charge in [-0.2, -0.15) is 0 Å². The summed E-state index contributed by atoms with van der Waals surface area (Å²) in [6.45, 7) is 11.2. The average molecular weight is 260 g/mol. The van der Waals surface area contributed by atoms with Gasteiger partial charge in [0, 0.05) is 18.6 Å². The minimum Gasteiger partial charge on any atom is -0.314 e. The monoisotopic (exact) mass is 260 g/mol. The first kappa shape index (κ1) is 14.5. The van der Waals surface area contributed by atoms with Gasteiger partial charge in [-0.15, -0.1) is 0 Å². The summed E-state index contributed by atoms with van der Waals surface area (Å²) in [5.74, 6) is 0.730. The van der Waals surface area contributed by atoms with Gasteiger partial charge in [-0.25, -0.2) is 0 Å². The van der Waals surface area contributed by atoms with Crippen molar-refractivity contribution in [2.45, 2.75) is 46.2 Å². The van der Waals surface area contributed by atoms with Crippen LogP contribution in [0.25, 0.3) is 0 Å². The molecule has 1 aromatic carbocycles. The van der Waals surface area contributed by atoms with Crippen molar-refractivity contribution in [2.75, 3.05) is 20.1 Å². The first-order chi connectivity index (χ1) is 8.97. The van der Waals surface area contributed by atoms with Crippen LogP contribution in [0, 0.1) is 19.8 Å². The number of aryl methyl sites for hydroxylation is 2. The van der Waals surface area contributed by atoms with Gasteiger partial charge in [-0.1, -0.05) is 43.2 Å². The second kappa shape index (κ2) is 6.06. The topological polar surface area (TPSA) is 15.3 Å². The molecule has 19 heavy (non-hydrogen) atoms. The van der Waals surface area contributed by atoms with Gasteiger partial charge in [0.2, 0.25) is 0 Å². The van der Waals surface area contributed by atoms with Crippen LogP contribution >= 0.6 is 0 Å². The van der Waals surface area contributed by atoms with Crippen molar-refractivity contribution >= 4 is 0 Å². The molecule has 2 heteroatoms. The Balaban J connectivity index is 2.18. The van der Waals surface area contributed by atoms with Gasteiger partial charge in [0.1, 0.15) is 0 Å². The van der Waals surface area contributed by atoms with Gasteiger partial charge < -0.3 is 5.32 Å². The van der Waals surface area contributed by atoms with Crippen LogP contribution in [-0.2, 0) is 0 Å². The molecule has 106 valence electrons. The molecule has 1 aromatic rings. The molecule has 0 spiro atoms. The Hall–Kier alpha value is -0.860. The van der Waals surface area contributed by atoms with Crippen molar-refractivity contribution in [3.05, 3.63) is 34.9 Å². The van der Waals surface area contributed by atoms with Gasteiger partial charge in [-0.05, 0) is 45.3 Å². The van der Waals surface area contributed by atoms with Crippen molar-refractivity contribution in [1.82, 2.24) is 10.2 Å². The molecule has 2 rings (SSSR count). The highest BCUT2D eigenvalue weighted by molar-refractivity contribution is 5.31. The van der Waals surface area contributed by atoms with Gasteiger partial charge in [-0.3, -0.25) is 4.90 Å². The fourth-order valence-electron chi connectivity index (χ4n) is 3.33. The van der Waals surface area contributed by atoms with Crippen LogP contribution in [0.5, 0.6) is 0 Å². The van der Waals surface area contributed by atoms with Crippen LogP contribution in [0.15, 0.2) is 18.2 Å². The molecule has 0 bridgehead atoms. The molecule has 0 saturated carbocycles. The number of rotatable bonds is 4. The zero-order valence-corrected chi connectivity index (χ0v) is 13.0. The molecule has 1 heterocycles. The molecule has 1 saturated heterocycles. The van der Waals surface area contributed by atoms with Crippen LogP contribution in [-0.4, -0.2) is 31.1 Å². The fraction of sp³-hybridized carbons (Fsp3) is 0.647. The molecule has 2 unspecified atom stereocenters. The summed E-state index contributed by atoms with van der Waals surface area (Å²) in [6.07, 6.45) is 1.30. The second-order valence-corrected chi connectivity index (χ2v) is 6.46. The normalized spacial score (nSPS) is 24.3. The molecule has 0 radical (unpaired) electrons. The van der Waals surface area contributed by atoms with Crippen molar-refractivity contribution in [1.29, 1.82) is 0 Å². The molecular weight excluding hydrogens is 232 g/mol. The van der Waals surface area contributed by atoms with Gasteiger partial charge >= 0.3 is 0 Å². The summed E-state index contributed by atoms with van der Waals surface area (Å²) in [7, 11) is 2.26. The van der Waals surface area contributed by atoms with E-state index >= 15 is 0 Å². The van der Waals surface area contributed by atoms with Crippen molar-refractivity contribution in [3.63, 3.8) is 0 Å². The number of nitrogens with zero attached hydrogens (tertiary/aromatic N) is 1. The van der Waals surface area contributed by atoms with Crippen molar-refractivity contribution < 1.29 is 0 Å². The lowest BCUT2D eigenvalue weighted by atomic mass is 9.91. The molecule has 1 fully saturated rings. The van der Waals surface area contributed by atoms with E-state index in [1.807, 2.05) is 0 Å². The first-order valence-electron chi connectivity index (χ1n) is 7.49. The van der Waals surface area contributed by atoms with E-state index in [1.54, 1.807) is 0 Å². The smallest absolute Gasteiger partial charge is 0.0386 e. The third-order valence-electron chi connectivity index (χ3n) is 4.15. The summed E-state index contributed by atoms with van der Waals surface area (Å²) in [5, 5.41) is 3.61. The number of likely N-dealkylation sites (tertiary alicyclic amines) is 1. The van der Waals surface area contributed by atoms with Crippen LogP contribution < -0.4 is 5.32 Å². The van der Waals surface area contributed by atoms with Crippen LogP contribution in [0.2, 0.25) is 0 Å². The maximum Gasteiger partial charge on any atom is 0.0386 e. The SMILES string of the molecule is Cc1cc(C)cc(C2C(CNC(C)C)CCN2C)c1. The van der Waals surface area contributed by atoms with E-state index in [9.17, 15) is 0 Å². The van der Waals surface area contributed by atoms with Gasteiger partial charge in [0.05, 0.1) is 0 Å². The van der Waals surface area contributed by atoms with Crippen molar-refractivity contribution in [2.24, 2.45) is 5.92 Å². The maximum absolute atomic E-state index is 3.61. The van der Waals surface area contributed by atoms with E-state index < -0.39 is 0 Å². The second-order valence-electron chi connectivity index (χ2n) is 6.46. The molecular formula is C17H28N2. The molecule has 1 N–H and O–H groups in total. The summed E-state index contributed by atoms with van der Waals surface area (Å²) >= 11 is 0. The van der Waals surface area contributed by atoms with Crippen LogP contribution in [0.4, 0.5) is 0 Å². The maximum atomic E-state index is 3.61. The third kappa shape index (κ3) is 3.58. The predicted molar refractivity (Wildman–Crippen MR) is 82.5 cm³/mol. The lowest BCUT2D eigenvalue weighted by Gasteiger charge is -2.27. The Morgan fingerprint density at radius 1 is 1.21 bits per heavy atom. The van der Waals surface area contributed by atoms with Gasteiger partial charge in [0.25, 0.3) is 0 Å². The fourth-order valence-corrected chi connectivity index (χ4v) is 3.33. The molecule has 1 aliphatic rings. The summed E-state index contributed by atoms with van der Waals surface area (Å²) < 4.78 is 0. The van der Waals surface area contributed by atoms with Crippen LogP contribution in [0.1, 0.15) is 43.0 Å². The number of hydrogen-bond acceptors (Lipinski definition) is 2. The molecule has 0 amide bonds. The first-order valence-corrected chi connectivity index (χ1v) is 7.49. The minimum atomic E-state index is 0.574. The van der Waals surface area contributed by atoms with E-state index in [2.05, 4.69) is 63.2 Å². The Bertz CT molecular complexity index is 405. The Morgan fingerprint density at radius 3 is 2.42 bits per heavy atom. The third-order valence-corrected chi connectivity index (χ3v) is 4.15. The zero-order chi connectivity index (χ0) is 14.0. The Labute approximate surface area is 118 Å². The van der Waals surface area contributed by atoms with E-state index in [0.717, 1.165) is 12.5 Å². The van der Waals surface area contributed by atoms with Crippen molar-refractivity contribution in [3.8, 4) is 0 Å². The lowest BCUT2D eigenvalue weighted by molar-refractivity contribution is 0.269. The standard InChI is InChI=1S/C17H28N2/c1-12(2)18-11-15-6-7-19(5)17(15)16-9-13(3)8-14(4)10-16/h8-10,12,15,17-18H,6-7,11H2,1-5H3. The summed E-state index contributed by atoms with van der Waals surface area (Å²) in [4.78, 5) is 2.51. The molecule has 1 aliphatic heterocycles. The summed E-state index contributed by atoms with van der Waals surface area (Å²) in [5.41, 5.74) is 4.25. The largest absolute Gasteiger partial charge is 0.314 e. The van der Waals surface area contributed by atoms with E-state index in [0.29, 0.717) is 12.1 Å². The lowest BCUT2D eigenvalue weighted by Crippen LogP contribution is -2.32. The molecule has 2 atom stereocenters. The minimum absolute atomic E-state index is 0.574. The number of hydrogen-bond donors (Lipinski definition) is 1. The van der Waals surface area contributed by atoms with Gasteiger partial charge in [0.15, 0.2) is 0 Å². The molecule has 2 nitrogen and oxygen atoms in total. The number of nitrogens with one attached hydrogen (secondary N) is 1. The van der Waals surface area contributed by atoms with Crippen LogP contribution in [0.3, 0.4) is 0 Å². The Morgan fingerprint density at radius 2 is 1.84 bits per heavy atom. The molecule has 0 aromatic heterocycles. The highest BCUT2D eigenvalue weighted by Gasteiger charge is 2.32. The highest BCUT2D eigenvalue weighted by Crippen LogP contribution is 2.36. The predicted octanol–water partition coefficient (Wildman–Crippen LogP) is 3.29. The highest BCUT2D eigenvalue weighted by atomic mass is 15.2. The molecule has 0 aliphatic carbocycles. The van der Waals surface area contributed by atoms with E-state index in [4.69, 9.17) is 0 Å². The van der Waals surface area contributed by atoms with E-state index in [1.165, 1.54) is 29.7 Å². The summed E-state index contributed by atoms with van der Waals surface area (Å²) in [6, 6.07) is 8.14. The van der Waals surface area contributed by atoms with E-state index in [-0.39, 0.29) is 0 Å². The zero-order valence-electron chi connectivity index (χ0n) is 13.0. The Kier molecular flexibility index (Phi) is 4.64. The average Bonchev–Trinajstić information content (AvgIpc) is 2.66. The number of benzene rings is 1.